The van der Waals surface area contributed by atoms with Gasteiger partial charge in [0.1, 0.15) is 15.6 Å². The van der Waals surface area contributed by atoms with Crippen molar-refractivity contribution in [1.82, 2.24) is 20.1 Å². The summed E-state index contributed by atoms with van der Waals surface area (Å²) in [4.78, 5) is 16.9. The quantitative estimate of drug-likeness (QED) is 0.482. The monoisotopic (exact) mass is 566 g/mol. The SMILES string of the molecule is CCn1nc(C(=O)NC[C@H]2CC[C@@H](S(C)(=O)=O)CC2)c(Cl)c1-c1cnc(O[C@H](C)C(F)(F)F)cc1OC. The predicted octanol–water partition coefficient (Wildman–Crippen LogP) is 4.29. The molecule has 1 amide bonds. The number of hydrogen-bond donors (Lipinski definition) is 1. The van der Waals surface area contributed by atoms with Crippen LogP contribution in [-0.4, -0.2) is 66.5 Å². The summed E-state index contributed by atoms with van der Waals surface area (Å²) in [6.07, 6.45) is -1.64. The topological polar surface area (TPSA) is 112 Å². The number of nitrogens with one attached hydrogen (secondary N) is 1. The number of nitrogens with zero attached hydrogens (tertiary/aromatic N) is 3. The van der Waals surface area contributed by atoms with Crippen LogP contribution >= 0.6 is 11.6 Å². The van der Waals surface area contributed by atoms with Crippen molar-refractivity contribution in [2.45, 2.75) is 63.6 Å². The normalized spacial score (nSPS) is 19.4. The Hall–Kier alpha value is -2.54. The molecule has 0 bridgehead atoms. The number of carbonyl (C=O) groups excluding carboxylic acids is 1. The van der Waals surface area contributed by atoms with Gasteiger partial charge in [0.2, 0.25) is 5.88 Å². The van der Waals surface area contributed by atoms with Gasteiger partial charge in [-0.1, -0.05) is 11.6 Å². The van der Waals surface area contributed by atoms with Gasteiger partial charge in [0.25, 0.3) is 5.91 Å². The summed E-state index contributed by atoms with van der Waals surface area (Å²) in [5.41, 5.74) is 0.631. The lowest BCUT2D eigenvalue weighted by atomic mass is 9.89. The number of halogens is 4. The Morgan fingerprint density at radius 3 is 2.49 bits per heavy atom. The van der Waals surface area contributed by atoms with E-state index in [1.165, 1.54) is 30.3 Å². The molecule has 1 saturated carbocycles. The summed E-state index contributed by atoms with van der Waals surface area (Å²) in [6, 6.07) is 1.22. The van der Waals surface area contributed by atoms with Crippen LogP contribution in [0, 0.1) is 5.92 Å². The summed E-state index contributed by atoms with van der Waals surface area (Å²) >= 11 is 6.57. The Morgan fingerprint density at radius 2 is 1.95 bits per heavy atom. The van der Waals surface area contributed by atoms with Crippen molar-refractivity contribution in [2.24, 2.45) is 5.92 Å². The highest BCUT2D eigenvalue weighted by molar-refractivity contribution is 7.91. The molecule has 37 heavy (non-hydrogen) atoms. The Morgan fingerprint density at radius 1 is 1.30 bits per heavy atom. The zero-order valence-electron chi connectivity index (χ0n) is 20.9. The fourth-order valence-electron chi connectivity index (χ4n) is 4.23. The highest BCUT2D eigenvalue weighted by Crippen LogP contribution is 2.38. The number of sulfone groups is 1. The number of pyridine rings is 1. The Labute approximate surface area is 218 Å². The molecule has 0 saturated heterocycles. The lowest BCUT2D eigenvalue weighted by Gasteiger charge is -2.27. The molecule has 1 aliphatic carbocycles. The molecule has 1 atom stereocenters. The Balaban J connectivity index is 1.78. The average Bonchev–Trinajstić information content (AvgIpc) is 3.17. The predicted molar refractivity (Wildman–Crippen MR) is 132 cm³/mol. The maximum absolute atomic E-state index is 12.9. The molecular formula is C23H30ClF3N4O5S. The van der Waals surface area contributed by atoms with Gasteiger partial charge in [-0.25, -0.2) is 13.4 Å². The van der Waals surface area contributed by atoms with Gasteiger partial charge in [0, 0.05) is 31.6 Å². The number of amides is 1. The van der Waals surface area contributed by atoms with Crippen LogP contribution in [0.1, 0.15) is 50.0 Å². The van der Waals surface area contributed by atoms with Gasteiger partial charge >= 0.3 is 6.18 Å². The molecule has 2 aromatic rings. The fraction of sp³-hybridized carbons (Fsp3) is 0.609. The summed E-state index contributed by atoms with van der Waals surface area (Å²) in [6.45, 7) is 3.35. The number of alkyl halides is 3. The molecule has 1 N–H and O–H groups in total. The number of rotatable bonds is 9. The van der Waals surface area contributed by atoms with E-state index in [1.54, 1.807) is 6.92 Å². The first kappa shape index (κ1) is 29.0. The van der Waals surface area contributed by atoms with Gasteiger partial charge in [0.05, 0.1) is 28.6 Å². The van der Waals surface area contributed by atoms with Crippen LogP contribution in [0.2, 0.25) is 5.02 Å². The van der Waals surface area contributed by atoms with Crippen molar-refractivity contribution in [3.63, 3.8) is 0 Å². The third-order valence-electron chi connectivity index (χ3n) is 6.43. The lowest BCUT2D eigenvalue weighted by Crippen LogP contribution is -2.34. The van der Waals surface area contributed by atoms with Crippen LogP contribution in [0.15, 0.2) is 12.3 Å². The van der Waals surface area contributed by atoms with E-state index in [4.69, 9.17) is 21.1 Å². The molecule has 0 aliphatic heterocycles. The van der Waals surface area contributed by atoms with Crippen LogP contribution < -0.4 is 14.8 Å². The third-order valence-corrected chi connectivity index (χ3v) is 8.47. The molecule has 9 nitrogen and oxygen atoms in total. The van der Waals surface area contributed by atoms with E-state index in [2.05, 4.69) is 15.4 Å². The minimum Gasteiger partial charge on any atom is -0.496 e. The van der Waals surface area contributed by atoms with Gasteiger partial charge in [-0.15, -0.1) is 0 Å². The van der Waals surface area contributed by atoms with E-state index < -0.39 is 28.0 Å². The number of aryl methyl sites for hydroxylation is 1. The van der Waals surface area contributed by atoms with Gasteiger partial charge in [-0.2, -0.15) is 18.3 Å². The van der Waals surface area contributed by atoms with E-state index in [0.717, 1.165) is 6.92 Å². The first-order chi connectivity index (χ1) is 17.3. The lowest BCUT2D eigenvalue weighted by molar-refractivity contribution is -0.190. The molecule has 0 radical (unpaired) electrons. The zero-order chi connectivity index (χ0) is 27.5. The zero-order valence-corrected chi connectivity index (χ0v) is 22.5. The van der Waals surface area contributed by atoms with E-state index in [0.29, 0.717) is 50.0 Å². The second-order valence-electron chi connectivity index (χ2n) is 9.03. The van der Waals surface area contributed by atoms with E-state index >= 15 is 0 Å². The van der Waals surface area contributed by atoms with Crippen molar-refractivity contribution in [3.8, 4) is 22.9 Å². The molecule has 0 spiro atoms. The van der Waals surface area contributed by atoms with Crippen molar-refractivity contribution >= 4 is 27.3 Å². The second-order valence-corrected chi connectivity index (χ2v) is 11.7. The first-order valence-electron chi connectivity index (χ1n) is 11.8. The van der Waals surface area contributed by atoms with Crippen LogP contribution in [0.5, 0.6) is 11.6 Å². The number of aromatic nitrogens is 3. The smallest absolute Gasteiger partial charge is 0.425 e. The largest absolute Gasteiger partial charge is 0.496 e. The fourth-order valence-corrected chi connectivity index (χ4v) is 5.69. The Kier molecular flexibility index (Phi) is 8.99. The third kappa shape index (κ3) is 6.86. The van der Waals surface area contributed by atoms with E-state index in [1.807, 2.05) is 0 Å². The van der Waals surface area contributed by atoms with Gasteiger partial charge in [-0.3, -0.25) is 9.48 Å². The summed E-state index contributed by atoms with van der Waals surface area (Å²) in [7, 11) is -1.74. The minimum absolute atomic E-state index is 0.0172. The van der Waals surface area contributed by atoms with Crippen LogP contribution in [0.25, 0.3) is 11.3 Å². The second kappa shape index (κ2) is 11.5. The van der Waals surface area contributed by atoms with Crippen molar-refractivity contribution in [2.75, 3.05) is 19.9 Å². The van der Waals surface area contributed by atoms with Gasteiger partial charge in [-0.05, 0) is 45.4 Å². The summed E-state index contributed by atoms with van der Waals surface area (Å²) in [5.74, 6) is -0.489. The van der Waals surface area contributed by atoms with Crippen LogP contribution in [0.3, 0.4) is 0 Å². The molecule has 0 aromatic carbocycles. The minimum atomic E-state index is -4.56. The van der Waals surface area contributed by atoms with Crippen molar-refractivity contribution < 1.29 is 35.9 Å². The maximum Gasteiger partial charge on any atom is 0.425 e. The van der Waals surface area contributed by atoms with Crippen LogP contribution in [-0.2, 0) is 16.4 Å². The maximum atomic E-state index is 12.9. The Bertz CT molecular complexity index is 1230. The molecule has 0 unspecified atom stereocenters. The van der Waals surface area contributed by atoms with Crippen molar-refractivity contribution in [1.29, 1.82) is 0 Å². The number of methoxy groups -OCH3 is 1. The molecule has 2 heterocycles. The van der Waals surface area contributed by atoms with Gasteiger partial charge < -0.3 is 14.8 Å². The molecule has 3 rings (SSSR count). The first-order valence-corrected chi connectivity index (χ1v) is 14.1. The summed E-state index contributed by atoms with van der Waals surface area (Å²) < 4.78 is 73.8. The van der Waals surface area contributed by atoms with E-state index in [-0.39, 0.29) is 33.5 Å². The molecule has 1 aliphatic rings. The molecule has 14 heteroatoms. The standard InChI is InChI=1S/C23H30ClF3N4O5S/c1-5-31-21(16-12-28-18(10-17(16)35-3)36-13(2)23(25,26)27)19(24)20(30-31)22(32)29-11-14-6-8-15(9-7-14)37(4,33)34/h10,12-15H,5-9,11H2,1-4H3,(H,29,32)/t13-,14-,15+/m1/s1. The van der Waals surface area contributed by atoms with Crippen LogP contribution in [0.4, 0.5) is 13.2 Å². The molecular weight excluding hydrogens is 537 g/mol. The number of carbonyl (C=O) groups is 1. The molecule has 206 valence electrons. The van der Waals surface area contributed by atoms with Crippen molar-refractivity contribution in [3.05, 3.63) is 23.0 Å². The number of hydrogen-bond acceptors (Lipinski definition) is 7. The number of ether oxygens (including phenoxy) is 2. The molecule has 2 aromatic heterocycles. The van der Waals surface area contributed by atoms with Gasteiger partial charge in [0.15, 0.2) is 11.8 Å². The highest BCUT2D eigenvalue weighted by atomic mass is 35.5. The molecule has 1 fully saturated rings. The van der Waals surface area contributed by atoms with E-state index in [9.17, 15) is 26.4 Å². The highest BCUT2D eigenvalue weighted by Gasteiger charge is 2.38. The summed E-state index contributed by atoms with van der Waals surface area (Å²) in [5, 5.41) is 6.85. The average molecular weight is 567 g/mol.